The lowest BCUT2D eigenvalue weighted by Gasteiger charge is -2.28. The van der Waals surface area contributed by atoms with Crippen LogP contribution in [-0.2, 0) is 24.3 Å². The average molecular weight is 359 g/mol. The fourth-order valence-corrected chi connectivity index (χ4v) is 3.97. The van der Waals surface area contributed by atoms with Crippen molar-refractivity contribution in [2.24, 2.45) is 0 Å². The predicted molar refractivity (Wildman–Crippen MR) is 106 cm³/mol. The highest BCUT2D eigenvalue weighted by Gasteiger charge is 2.28. The summed E-state index contributed by atoms with van der Waals surface area (Å²) in [7, 11) is 1.90. The highest BCUT2D eigenvalue weighted by atomic mass is 16.2. The molecule has 4 nitrogen and oxygen atoms in total. The monoisotopic (exact) mass is 359 g/mol. The van der Waals surface area contributed by atoms with E-state index in [-0.39, 0.29) is 11.8 Å². The fraction of sp³-hybridized carbons (Fsp3) is 0.304. The van der Waals surface area contributed by atoms with Crippen LogP contribution in [0.25, 0.3) is 0 Å². The van der Waals surface area contributed by atoms with Crippen LogP contribution in [0, 0.1) is 0 Å². The smallest absolute Gasteiger partial charge is 0.230 e. The number of rotatable bonds is 5. The molecule has 0 N–H and O–H groups in total. The lowest BCUT2D eigenvalue weighted by atomic mass is 9.82. The molecule has 0 saturated heterocycles. The van der Waals surface area contributed by atoms with Crippen molar-refractivity contribution >= 4 is 5.91 Å². The summed E-state index contributed by atoms with van der Waals surface area (Å²) in [6.07, 6.45) is 6.99. The minimum Gasteiger partial charge on any atom is -0.341 e. The third-order valence-electron chi connectivity index (χ3n) is 5.34. The molecule has 0 radical (unpaired) electrons. The third-order valence-corrected chi connectivity index (χ3v) is 5.34. The van der Waals surface area contributed by atoms with Crippen LogP contribution in [0.15, 0.2) is 67.0 Å². The molecule has 0 spiro atoms. The maximum Gasteiger partial charge on any atom is 0.230 e. The number of hydrogen-bond acceptors (Lipinski definition) is 2. The minimum absolute atomic E-state index is 0.0145. The van der Waals surface area contributed by atoms with E-state index in [1.54, 1.807) is 0 Å². The van der Waals surface area contributed by atoms with E-state index in [1.807, 2.05) is 53.3 Å². The van der Waals surface area contributed by atoms with Gasteiger partial charge < -0.3 is 4.90 Å². The first-order chi connectivity index (χ1) is 13.2. The molecule has 1 aliphatic rings. The van der Waals surface area contributed by atoms with Gasteiger partial charge >= 0.3 is 0 Å². The summed E-state index contributed by atoms with van der Waals surface area (Å²) in [5.74, 6) is 0.192. The summed E-state index contributed by atoms with van der Waals surface area (Å²) in [6, 6.07) is 18.7. The van der Waals surface area contributed by atoms with Crippen LogP contribution in [0.1, 0.15) is 41.0 Å². The van der Waals surface area contributed by atoms with E-state index in [4.69, 9.17) is 0 Å². The summed E-state index contributed by atoms with van der Waals surface area (Å²) in [5.41, 5.74) is 4.81. The molecule has 0 saturated carbocycles. The van der Waals surface area contributed by atoms with Gasteiger partial charge in [0.1, 0.15) is 0 Å². The number of aryl methyl sites for hydroxylation is 1. The standard InChI is InChI=1S/C23H25N3O/c1-25(23(27)22-13-7-11-20-10-5-6-12-21(20)22)15-19-14-24-26(17-19)16-18-8-3-2-4-9-18/h2-6,8-10,12,14,17,22H,7,11,13,15-16H2,1H3. The molecule has 1 amide bonds. The number of fused-ring (bicyclic) bond motifs is 1. The average Bonchev–Trinajstić information content (AvgIpc) is 3.14. The summed E-state index contributed by atoms with van der Waals surface area (Å²) < 4.78 is 1.93. The summed E-state index contributed by atoms with van der Waals surface area (Å²) in [6.45, 7) is 1.33. The molecule has 27 heavy (non-hydrogen) atoms. The maximum absolute atomic E-state index is 13.1. The van der Waals surface area contributed by atoms with Crippen LogP contribution in [-0.4, -0.2) is 27.6 Å². The first kappa shape index (κ1) is 17.5. The quantitative estimate of drug-likeness (QED) is 0.690. The maximum atomic E-state index is 13.1. The summed E-state index contributed by atoms with van der Waals surface area (Å²) >= 11 is 0. The molecule has 0 aliphatic heterocycles. The Balaban J connectivity index is 1.42. The van der Waals surface area contributed by atoms with Crippen molar-refractivity contribution in [2.45, 2.75) is 38.3 Å². The fourth-order valence-electron chi connectivity index (χ4n) is 3.97. The number of nitrogens with zero attached hydrogens (tertiary/aromatic N) is 3. The van der Waals surface area contributed by atoms with Crippen molar-refractivity contribution in [3.8, 4) is 0 Å². The molecule has 1 atom stereocenters. The van der Waals surface area contributed by atoms with Gasteiger partial charge in [0.05, 0.1) is 18.7 Å². The first-order valence-corrected chi connectivity index (χ1v) is 9.59. The van der Waals surface area contributed by atoms with Crippen LogP contribution >= 0.6 is 0 Å². The molecule has 3 aromatic rings. The van der Waals surface area contributed by atoms with E-state index in [2.05, 4.69) is 35.4 Å². The normalized spacial score (nSPS) is 16.0. The topological polar surface area (TPSA) is 38.1 Å². The lowest BCUT2D eigenvalue weighted by molar-refractivity contribution is -0.132. The summed E-state index contributed by atoms with van der Waals surface area (Å²) in [5, 5.41) is 4.45. The highest BCUT2D eigenvalue weighted by molar-refractivity contribution is 5.84. The van der Waals surface area contributed by atoms with Crippen molar-refractivity contribution in [2.75, 3.05) is 7.05 Å². The van der Waals surface area contributed by atoms with Gasteiger partial charge in [0.2, 0.25) is 5.91 Å². The number of aromatic nitrogens is 2. The molecular formula is C23H25N3O. The Hall–Kier alpha value is -2.88. The molecule has 1 unspecified atom stereocenters. The Morgan fingerprint density at radius 3 is 2.74 bits per heavy atom. The minimum atomic E-state index is -0.0145. The first-order valence-electron chi connectivity index (χ1n) is 9.59. The molecule has 1 heterocycles. The Morgan fingerprint density at radius 2 is 1.89 bits per heavy atom. The zero-order valence-corrected chi connectivity index (χ0v) is 15.7. The van der Waals surface area contributed by atoms with Crippen molar-refractivity contribution in [3.05, 3.63) is 89.2 Å². The Labute approximate surface area is 160 Å². The molecule has 1 aromatic heterocycles. The van der Waals surface area contributed by atoms with E-state index < -0.39 is 0 Å². The zero-order valence-electron chi connectivity index (χ0n) is 15.7. The van der Waals surface area contributed by atoms with Crippen molar-refractivity contribution < 1.29 is 4.79 Å². The van der Waals surface area contributed by atoms with E-state index >= 15 is 0 Å². The molecule has 4 heteroatoms. The van der Waals surface area contributed by atoms with Crippen LogP contribution in [0.5, 0.6) is 0 Å². The summed E-state index contributed by atoms with van der Waals surface area (Å²) in [4.78, 5) is 14.9. The van der Waals surface area contributed by atoms with E-state index in [0.29, 0.717) is 6.54 Å². The Bertz CT molecular complexity index is 916. The van der Waals surface area contributed by atoms with Crippen LogP contribution in [0.2, 0.25) is 0 Å². The number of hydrogen-bond donors (Lipinski definition) is 0. The molecule has 0 fully saturated rings. The van der Waals surface area contributed by atoms with Gasteiger partial charge in [-0.25, -0.2) is 0 Å². The van der Waals surface area contributed by atoms with Gasteiger partial charge in [-0.2, -0.15) is 5.10 Å². The van der Waals surface area contributed by atoms with Gasteiger partial charge in [0.25, 0.3) is 0 Å². The van der Waals surface area contributed by atoms with Gasteiger partial charge in [-0.15, -0.1) is 0 Å². The second-order valence-corrected chi connectivity index (χ2v) is 7.37. The number of amides is 1. The molecule has 1 aliphatic carbocycles. The van der Waals surface area contributed by atoms with Crippen LogP contribution < -0.4 is 0 Å². The second-order valence-electron chi connectivity index (χ2n) is 7.37. The SMILES string of the molecule is CN(Cc1cnn(Cc2ccccc2)c1)C(=O)C1CCCc2ccccc21. The molecule has 138 valence electrons. The molecular weight excluding hydrogens is 334 g/mol. The van der Waals surface area contributed by atoms with Gasteiger partial charge in [-0.3, -0.25) is 9.48 Å². The predicted octanol–water partition coefficient (Wildman–Crippen LogP) is 4.01. The lowest BCUT2D eigenvalue weighted by Crippen LogP contribution is -2.33. The van der Waals surface area contributed by atoms with E-state index in [1.165, 1.54) is 16.7 Å². The number of carbonyl (C=O) groups is 1. The third kappa shape index (κ3) is 3.95. The number of benzene rings is 2. The molecule has 2 aromatic carbocycles. The largest absolute Gasteiger partial charge is 0.341 e. The molecule has 0 bridgehead atoms. The van der Waals surface area contributed by atoms with Gasteiger partial charge in [0, 0.05) is 25.4 Å². The van der Waals surface area contributed by atoms with E-state index in [9.17, 15) is 4.79 Å². The second kappa shape index (κ2) is 7.78. The van der Waals surface area contributed by atoms with Crippen molar-refractivity contribution in [1.29, 1.82) is 0 Å². The molecule has 4 rings (SSSR count). The zero-order chi connectivity index (χ0) is 18.6. The van der Waals surface area contributed by atoms with Crippen LogP contribution in [0.3, 0.4) is 0 Å². The van der Waals surface area contributed by atoms with Crippen molar-refractivity contribution in [1.82, 2.24) is 14.7 Å². The van der Waals surface area contributed by atoms with Gasteiger partial charge in [0.15, 0.2) is 0 Å². The Kier molecular flexibility index (Phi) is 5.05. The van der Waals surface area contributed by atoms with Crippen LogP contribution in [0.4, 0.5) is 0 Å². The van der Waals surface area contributed by atoms with Gasteiger partial charge in [-0.1, -0.05) is 54.6 Å². The highest BCUT2D eigenvalue weighted by Crippen LogP contribution is 2.32. The van der Waals surface area contributed by atoms with Gasteiger partial charge in [-0.05, 0) is 36.0 Å². The Morgan fingerprint density at radius 1 is 1.11 bits per heavy atom. The van der Waals surface area contributed by atoms with E-state index in [0.717, 1.165) is 31.4 Å². The number of likely N-dealkylation sites (N-methyl/N-ethyl adjacent to an activating group) is 1. The van der Waals surface area contributed by atoms with Crippen molar-refractivity contribution in [3.63, 3.8) is 0 Å². The number of carbonyl (C=O) groups excluding carboxylic acids is 1.